The lowest BCUT2D eigenvalue weighted by atomic mass is 9.98. The molecular weight excluding hydrogens is 318 g/mol. The van der Waals surface area contributed by atoms with Crippen molar-refractivity contribution in [1.29, 1.82) is 0 Å². The summed E-state index contributed by atoms with van der Waals surface area (Å²) in [6.45, 7) is 2.72. The fourth-order valence-electron chi connectivity index (χ4n) is 2.54. The fourth-order valence-corrected chi connectivity index (χ4v) is 2.54. The molecule has 0 heterocycles. The molecule has 0 fully saturated rings. The van der Waals surface area contributed by atoms with Gasteiger partial charge in [0.1, 0.15) is 5.75 Å². The first-order chi connectivity index (χ1) is 12.0. The molecule has 0 bridgehead atoms. The van der Waals surface area contributed by atoms with Gasteiger partial charge in [-0.2, -0.15) is 0 Å². The molecule has 0 spiro atoms. The highest BCUT2D eigenvalue weighted by Gasteiger charge is 2.08. The third-order valence-electron chi connectivity index (χ3n) is 4.15. The van der Waals surface area contributed by atoms with Gasteiger partial charge in [-0.15, -0.1) is 0 Å². The Morgan fingerprint density at radius 1 is 1.08 bits per heavy atom. The van der Waals surface area contributed by atoms with E-state index in [-0.39, 0.29) is 17.9 Å². The zero-order chi connectivity index (χ0) is 18.2. The summed E-state index contributed by atoms with van der Waals surface area (Å²) in [6.07, 6.45) is 1.09. The summed E-state index contributed by atoms with van der Waals surface area (Å²) in [5, 5.41) is 11.8. The van der Waals surface area contributed by atoms with Crippen LogP contribution >= 0.6 is 0 Å². The Bertz CT molecular complexity index is 707. The minimum absolute atomic E-state index is 0.0648. The SMILES string of the molecule is COc1ccc(C(C)CCNC(=O)Cc2ccc(C(=O)O)cc2)cc1. The van der Waals surface area contributed by atoms with Gasteiger partial charge < -0.3 is 15.2 Å². The molecule has 0 aromatic heterocycles. The number of ether oxygens (including phenoxy) is 1. The van der Waals surface area contributed by atoms with E-state index in [1.807, 2.05) is 24.3 Å². The molecule has 0 aliphatic rings. The minimum Gasteiger partial charge on any atom is -0.497 e. The average Bonchev–Trinajstić information content (AvgIpc) is 2.62. The van der Waals surface area contributed by atoms with Crippen LogP contribution in [0, 0.1) is 0 Å². The third kappa shape index (κ3) is 5.64. The topological polar surface area (TPSA) is 75.6 Å². The zero-order valence-electron chi connectivity index (χ0n) is 14.5. The Balaban J connectivity index is 1.76. The van der Waals surface area contributed by atoms with Crippen LogP contribution in [0.15, 0.2) is 48.5 Å². The first-order valence-corrected chi connectivity index (χ1v) is 8.22. The van der Waals surface area contributed by atoms with E-state index in [1.165, 1.54) is 17.7 Å². The lowest BCUT2D eigenvalue weighted by Crippen LogP contribution is -2.26. The van der Waals surface area contributed by atoms with Crippen LogP contribution in [0.25, 0.3) is 0 Å². The number of carboxylic acid groups (broad SMARTS) is 1. The number of methoxy groups -OCH3 is 1. The van der Waals surface area contributed by atoms with Crippen LogP contribution in [0.5, 0.6) is 5.75 Å². The van der Waals surface area contributed by atoms with Crippen LogP contribution in [0.2, 0.25) is 0 Å². The van der Waals surface area contributed by atoms with Crippen molar-refractivity contribution in [1.82, 2.24) is 5.32 Å². The molecule has 0 aliphatic heterocycles. The van der Waals surface area contributed by atoms with E-state index in [9.17, 15) is 9.59 Å². The van der Waals surface area contributed by atoms with E-state index in [2.05, 4.69) is 12.2 Å². The third-order valence-corrected chi connectivity index (χ3v) is 4.15. The summed E-state index contributed by atoms with van der Waals surface area (Å²) < 4.78 is 5.15. The second-order valence-electron chi connectivity index (χ2n) is 5.99. The molecule has 0 saturated heterocycles. The molecule has 2 N–H and O–H groups in total. The Kier molecular flexibility index (Phi) is 6.57. The molecule has 1 amide bonds. The van der Waals surface area contributed by atoms with Gasteiger partial charge in [-0.05, 0) is 47.7 Å². The molecule has 2 rings (SSSR count). The predicted molar refractivity (Wildman–Crippen MR) is 96.1 cm³/mol. The van der Waals surface area contributed by atoms with Crippen LogP contribution in [0.3, 0.4) is 0 Å². The van der Waals surface area contributed by atoms with Crippen LogP contribution in [0.1, 0.15) is 40.7 Å². The molecule has 1 unspecified atom stereocenters. The van der Waals surface area contributed by atoms with Gasteiger partial charge in [0.25, 0.3) is 0 Å². The number of hydrogen-bond donors (Lipinski definition) is 2. The maximum atomic E-state index is 12.0. The zero-order valence-corrected chi connectivity index (χ0v) is 14.5. The van der Waals surface area contributed by atoms with E-state index in [1.54, 1.807) is 19.2 Å². The van der Waals surface area contributed by atoms with Crippen molar-refractivity contribution in [3.8, 4) is 5.75 Å². The van der Waals surface area contributed by atoms with Gasteiger partial charge in [0.15, 0.2) is 0 Å². The largest absolute Gasteiger partial charge is 0.497 e. The maximum Gasteiger partial charge on any atom is 0.335 e. The van der Waals surface area contributed by atoms with E-state index in [0.29, 0.717) is 12.5 Å². The van der Waals surface area contributed by atoms with Gasteiger partial charge in [0, 0.05) is 6.54 Å². The van der Waals surface area contributed by atoms with Crippen LogP contribution < -0.4 is 10.1 Å². The van der Waals surface area contributed by atoms with Crippen molar-refractivity contribution in [3.63, 3.8) is 0 Å². The highest BCUT2D eigenvalue weighted by atomic mass is 16.5. The Hall–Kier alpha value is -2.82. The quantitative estimate of drug-likeness (QED) is 0.773. The number of carbonyl (C=O) groups excluding carboxylic acids is 1. The van der Waals surface area contributed by atoms with Crippen LogP contribution in [-0.2, 0) is 11.2 Å². The number of rotatable bonds is 8. The monoisotopic (exact) mass is 341 g/mol. The van der Waals surface area contributed by atoms with E-state index < -0.39 is 5.97 Å². The average molecular weight is 341 g/mol. The Morgan fingerprint density at radius 2 is 1.72 bits per heavy atom. The molecule has 2 aromatic rings. The molecule has 5 heteroatoms. The van der Waals surface area contributed by atoms with E-state index >= 15 is 0 Å². The van der Waals surface area contributed by atoms with Gasteiger partial charge >= 0.3 is 5.97 Å². The maximum absolute atomic E-state index is 12.0. The summed E-state index contributed by atoms with van der Waals surface area (Å²) in [5.74, 6) is 0.132. The summed E-state index contributed by atoms with van der Waals surface area (Å²) in [7, 11) is 1.64. The number of hydrogen-bond acceptors (Lipinski definition) is 3. The molecule has 5 nitrogen and oxygen atoms in total. The highest BCUT2D eigenvalue weighted by molar-refractivity contribution is 5.87. The highest BCUT2D eigenvalue weighted by Crippen LogP contribution is 2.21. The first-order valence-electron chi connectivity index (χ1n) is 8.22. The molecule has 132 valence electrons. The van der Waals surface area contributed by atoms with Crippen molar-refractivity contribution in [2.75, 3.05) is 13.7 Å². The van der Waals surface area contributed by atoms with Gasteiger partial charge in [0.2, 0.25) is 5.91 Å². The molecule has 0 radical (unpaired) electrons. The van der Waals surface area contributed by atoms with Gasteiger partial charge in [-0.25, -0.2) is 4.79 Å². The second kappa shape index (κ2) is 8.87. The number of nitrogens with one attached hydrogen (secondary N) is 1. The van der Waals surface area contributed by atoms with Gasteiger partial charge in [-0.3, -0.25) is 4.79 Å². The molecular formula is C20H23NO4. The van der Waals surface area contributed by atoms with E-state index in [4.69, 9.17) is 9.84 Å². The number of carboxylic acids is 1. The van der Waals surface area contributed by atoms with Crippen molar-refractivity contribution in [3.05, 3.63) is 65.2 Å². The molecule has 2 aromatic carbocycles. The fraction of sp³-hybridized carbons (Fsp3) is 0.300. The standard InChI is InChI=1S/C20H23NO4/c1-14(16-7-9-18(25-2)10-8-16)11-12-21-19(22)13-15-3-5-17(6-4-15)20(23)24/h3-10,14H,11-13H2,1-2H3,(H,21,22)(H,23,24). The predicted octanol–water partition coefficient (Wildman–Crippen LogP) is 3.25. The molecule has 0 aliphatic carbocycles. The molecule has 0 saturated carbocycles. The Morgan fingerprint density at radius 3 is 2.28 bits per heavy atom. The van der Waals surface area contributed by atoms with E-state index in [0.717, 1.165) is 17.7 Å². The van der Waals surface area contributed by atoms with Crippen LogP contribution in [-0.4, -0.2) is 30.6 Å². The number of carbonyl (C=O) groups is 2. The summed E-state index contributed by atoms with van der Waals surface area (Å²) in [4.78, 5) is 22.8. The number of aromatic carboxylic acids is 1. The lowest BCUT2D eigenvalue weighted by molar-refractivity contribution is -0.120. The van der Waals surface area contributed by atoms with Gasteiger partial charge in [0.05, 0.1) is 19.1 Å². The number of benzene rings is 2. The Labute approximate surface area is 147 Å². The lowest BCUT2D eigenvalue weighted by Gasteiger charge is -2.13. The smallest absolute Gasteiger partial charge is 0.335 e. The summed E-state index contributed by atoms with van der Waals surface area (Å²) >= 11 is 0. The normalized spacial score (nSPS) is 11.6. The van der Waals surface area contributed by atoms with Crippen LogP contribution in [0.4, 0.5) is 0 Å². The van der Waals surface area contributed by atoms with Crippen molar-refractivity contribution in [2.45, 2.75) is 25.7 Å². The van der Waals surface area contributed by atoms with Gasteiger partial charge in [-0.1, -0.05) is 31.2 Å². The van der Waals surface area contributed by atoms with Crippen molar-refractivity contribution < 1.29 is 19.4 Å². The number of amides is 1. The van der Waals surface area contributed by atoms with Crippen molar-refractivity contribution in [2.24, 2.45) is 0 Å². The van der Waals surface area contributed by atoms with Crippen molar-refractivity contribution >= 4 is 11.9 Å². The minimum atomic E-state index is -0.969. The molecule has 1 atom stereocenters. The summed E-state index contributed by atoms with van der Waals surface area (Å²) in [5.41, 5.74) is 2.22. The molecule has 25 heavy (non-hydrogen) atoms. The summed E-state index contributed by atoms with van der Waals surface area (Å²) in [6, 6.07) is 14.3. The first kappa shape index (κ1) is 18.5. The second-order valence-corrected chi connectivity index (χ2v) is 5.99.